The van der Waals surface area contributed by atoms with Crippen LogP contribution in [0.4, 0.5) is 5.82 Å². The number of nitrogens with one attached hydrogen (secondary N) is 1. The number of rotatable bonds is 3. The lowest BCUT2D eigenvalue weighted by atomic mass is 10.1. The molecule has 1 heterocycles. The van der Waals surface area contributed by atoms with Crippen molar-refractivity contribution >= 4 is 21.7 Å². The lowest BCUT2D eigenvalue weighted by Gasteiger charge is -2.07. The summed E-state index contributed by atoms with van der Waals surface area (Å²) in [6.07, 6.45) is 1.31. The summed E-state index contributed by atoms with van der Waals surface area (Å²) in [6, 6.07) is 1.92. The molecule has 1 saturated carbocycles. The Morgan fingerprint density at radius 2 is 2.20 bits per heavy atom. The van der Waals surface area contributed by atoms with Gasteiger partial charge in [0.1, 0.15) is 16.2 Å². The number of hydrogen-bond acceptors (Lipinski definition) is 3. The first-order valence-electron chi connectivity index (χ1n) is 5.22. The zero-order chi connectivity index (χ0) is 11.1. The van der Waals surface area contributed by atoms with E-state index in [1.54, 1.807) is 0 Å². The third-order valence-electron chi connectivity index (χ3n) is 3.05. The van der Waals surface area contributed by atoms with Crippen LogP contribution in [0.1, 0.15) is 26.1 Å². The topological polar surface area (TPSA) is 37.8 Å². The molecule has 1 aromatic rings. The molecule has 2 rings (SSSR count). The van der Waals surface area contributed by atoms with Crippen LogP contribution in [0.15, 0.2) is 10.7 Å². The van der Waals surface area contributed by atoms with Crippen LogP contribution < -0.4 is 5.32 Å². The maximum absolute atomic E-state index is 4.33. The molecule has 1 aromatic heterocycles. The van der Waals surface area contributed by atoms with E-state index >= 15 is 0 Å². The minimum absolute atomic E-state index is 0.520. The number of hydrogen-bond donors (Lipinski definition) is 1. The molecule has 0 bridgehead atoms. The van der Waals surface area contributed by atoms with Crippen LogP contribution in [-0.2, 0) is 0 Å². The molecule has 3 nitrogen and oxygen atoms in total. The maximum atomic E-state index is 4.33. The highest BCUT2D eigenvalue weighted by molar-refractivity contribution is 9.10. The highest BCUT2D eigenvalue weighted by Gasteiger charge is 2.44. The Labute approximate surface area is 98.8 Å². The standard InChI is InChI=1S/C11H16BrN3/c1-7-14-9(12)4-10(15-7)13-6-8-5-11(8,2)3/h4,8H,5-6H2,1-3H3,(H,13,14,15). The van der Waals surface area contributed by atoms with Gasteiger partial charge in [-0.2, -0.15) is 0 Å². The average molecular weight is 270 g/mol. The van der Waals surface area contributed by atoms with Crippen molar-refractivity contribution in [1.29, 1.82) is 0 Å². The van der Waals surface area contributed by atoms with Gasteiger partial charge in [0, 0.05) is 12.6 Å². The summed E-state index contributed by atoms with van der Waals surface area (Å²) in [5.74, 6) is 2.49. The molecule has 1 aliphatic carbocycles. The SMILES string of the molecule is Cc1nc(Br)cc(NCC2CC2(C)C)n1. The second-order valence-corrected chi connectivity index (χ2v) is 5.71. The smallest absolute Gasteiger partial charge is 0.130 e. The van der Waals surface area contributed by atoms with Crippen molar-refractivity contribution in [3.05, 3.63) is 16.5 Å². The van der Waals surface area contributed by atoms with E-state index in [2.05, 4.69) is 45.1 Å². The van der Waals surface area contributed by atoms with Crippen molar-refractivity contribution in [2.45, 2.75) is 27.2 Å². The van der Waals surface area contributed by atoms with Crippen molar-refractivity contribution in [2.24, 2.45) is 11.3 Å². The summed E-state index contributed by atoms with van der Waals surface area (Å²) in [5.41, 5.74) is 0.520. The molecule has 0 spiro atoms. The minimum Gasteiger partial charge on any atom is -0.370 e. The third kappa shape index (κ3) is 2.68. The number of halogens is 1. The van der Waals surface area contributed by atoms with Gasteiger partial charge >= 0.3 is 0 Å². The largest absolute Gasteiger partial charge is 0.370 e. The summed E-state index contributed by atoms with van der Waals surface area (Å²) in [4.78, 5) is 8.50. The first kappa shape index (κ1) is 10.9. The number of aryl methyl sites for hydroxylation is 1. The molecule has 1 N–H and O–H groups in total. The fraction of sp³-hybridized carbons (Fsp3) is 0.636. The van der Waals surface area contributed by atoms with E-state index < -0.39 is 0 Å². The van der Waals surface area contributed by atoms with Crippen LogP contribution in [-0.4, -0.2) is 16.5 Å². The van der Waals surface area contributed by atoms with Crippen molar-refractivity contribution in [3.8, 4) is 0 Å². The van der Waals surface area contributed by atoms with Crippen molar-refractivity contribution in [1.82, 2.24) is 9.97 Å². The molecule has 1 fully saturated rings. The maximum Gasteiger partial charge on any atom is 0.130 e. The fourth-order valence-electron chi connectivity index (χ4n) is 1.77. The molecule has 1 unspecified atom stereocenters. The number of aromatic nitrogens is 2. The third-order valence-corrected chi connectivity index (χ3v) is 3.46. The molecule has 15 heavy (non-hydrogen) atoms. The molecule has 0 aromatic carbocycles. The van der Waals surface area contributed by atoms with Crippen molar-refractivity contribution < 1.29 is 0 Å². The highest BCUT2D eigenvalue weighted by Crippen LogP contribution is 2.51. The monoisotopic (exact) mass is 269 g/mol. The van der Waals surface area contributed by atoms with Crippen LogP contribution in [0.2, 0.25) is 0 Å². The van der Waals surface area contributed by atoms with E-state index in [4.69, 9.17) is 0 Å². The van der Waals surface area contributed by atoms with Gasteiger partial charge in [0.2, 0.25) is 0 Å². The van der Waals surface area contributed by atoms with Gasteiger partial charge in [-0.15, -0.1) is 0 Å². The normalized spacial score (nSPS) is 22.5. The first-order chi connectivity index (χ1) is 6.97. The summed E-state index contributed by atoms with van der Waals surface area (Å²) in [5, 5.41) is 3.36. The van der Waals surface area contributed by atoms with Crippen LogP contribution in [0.3, 0.4) is 0 Å². The molecule has 0 amide bonds. The van der Waals surface area contributed by atoms with E-state index in [0.29, 0.717) is 5.41 Å². The Balaban J connectivity index is 1.94. The van der Waals surface area contributed by atoms with Gasteiger partial charge in [-0.1, -0.05) is 13.8 Å². The van der Waals surface area contributed by atoms with Gasteiger partial charge in [0.05, 0.1) is 0 Å². The molecular weight excluding hydrogens is 254 g/mol. The number of nitrogens with zero attached hydrogens (tertiary/aromatic N) is 2. The first-order valence-corrected chi connectivity index (χ1v) is 6.02. The van der Waals surface area contributed by atoms with Crippen LogP contribution in [0, 0.1) is 18.3 Å². The van der Waals surface area contributed by atoms with Gasteiger partial charge in [0.15, 0.2) is 0 Å². The van der Waals surface area contributed by atoms with Gasteiger partial charge < -0.3 is 5.32 Å². The Hall–Kier alpha value is -0.640. The molecule has 1 atom stereocenters. The predicted octanol–water partition coefficient (Wildman–Crippen LogP) is 3.01. The zero-order valence-electron chi connectivity index (χ0n) is 9.34. The van der Waals surface area contributed by atoms with Crippen LogP contribution in [0.25, 0.3) is 0 Å². The summed E-state index contributed by atoms with van der Waals surface area (Å²) in [6.45, 7) is 7.52. The van der Waals surface area contributed by atoms with Crippen molar-refractivity contribution in [2.75, 3.05) is 11.9 Å². The Bertz CT molecular complexity index is 356. The summed E-state index contributed by atoms with van der Waals surface area (Å²) < 4.78 is 0.840. The highest BCUT2D eigenvalue weighted by atomic mass is 79.9. The molecule has 0 radical (unpaired) electrons. The van der Waals surface area contributed by atoms with E-state index in [1.807, 2.05) is 13.0 Å². The van der Waals surface area contributed by atoms with E-state index in [0.717, 1.165) is 28.7 Å². The fourth-order valence-corrected chi connectivity index (χ4v) is 2.25. The lowest BCUT2D eigenvalue weighted by Crippen LogP contribution is -2.09. The van der Waals surface area contributed by atoms with E-state index in [-0.39, 0.29) is 0 Å². The molecule has 82 valence electrons. The second-order valence-electron chi connectivity index (χ2n) is 4.89. The molecule has 1 aliphatic rings. The van der Waals surface area contributed by atoms with E-state index in [1.165, 1.54) is 6.42 Å². The Morgan fingerprint density at radius 1 is 1.53 bits per heavy atom. The molecular formula is C11H16BrN3. The number of anilines is 1. The van der Waals surface area contributed by atoms with Crippen LogP contribution in [0.5, 0.6) is 0 Å². The average Bonchev–Trinajstić information content (AvgIpc) is 2.69. The molecule has 0 saturated heterocycles. The Morgan fingerprint density at radius 3 is 2.73 bits per heavy atom. The predicted molar refractivity (Wildman–Crippen MR) is 64.8 cm³/mol. The zero-order valence-corrected chi connectivity index (χ0v) is 10.9. The minimum atomic E-state index is 0.520. The summed E-state index contributed by atoms with van der Waals surface area (Å²) in [7, 11) is 0. The Kier molecular flexibility index (Phi) is 2.71. The molecule has 4 heteroatoms. The second kappa shape index (κ2) is 3.74. The quantitative estimate of drug-likeness (QED) is 0.858. The van der Waals surface area contributed by atoms with Crippen LogP contribution >= 0.6 is 15.9 Å². The van der Waals surface area contributed by atoms with Crippen molar-refractivity contribution in [3.63, 3.8) is 0 Å². The van der Waals surface area contributed by atoms with Gasteiger partial charge in [0.25, 0.3) is 0 Å². The summed E-state index contributed by atoms with van der Waals surface area (Å²) >= 11 is 3.37. The van der Waals surface area contributed by atoms with Gasteiger partial charge in [-0.3, -0.25) is 0 Å². The molecule has 0 aliphatic heterocycles. The van der Waals surface area contributed by atoms with E-state index in [9.17, 15) is 0 Å². The van der Waals surface area contributed by atoms with Gasteiger partial charge in [-0.05, 0) is 40.6 Å². The van der Waals surface area contributed by atoms with Gasteiger partial charge in [-0.25, -0.2) is 9.97 Å². The lowest BCUT2D eigenvalue weighted by molar-refractivity contribution is 0.572.